The van der Waals surface area contributed by atoms with Crippen molar-refractivity contribution < 1.29 is 4.79 Å². The number of nitrogens with zero attached hydrogens (tertiary/aromatic N) is 4. The Morgan fingerprint density at radius 3 is 2.48 bits per heavy atom. The number of aryl methyl sites for hydroxylation is 2. The summed E-state index contributed by atoms with van der Waals surface area (Å²) in [6.45, 7) is 3.75. The number of carbonyl (C=O) groups is 1. The van der Waals surface area contributed by atoms with Gasteiger partial charge in [0.2, 0.25) is 0 Å². The minimum atomic E-state index is 0.166. The maximum Gasteiger partial charge on any atom is 0.254 e. The Hall–Kier alpha value is -2.17. The summed E-state index contributed by atoms with van der Waals surface area (Å²) in [5.74, 6) is 1.95. The second kappa shape index (κ2) is 5.41. The van der Waals surface area contributed by atoms with E-state index in [2.05, 4.69) is 28.2 Å². The van der Waals surface area contributed by atoms with Crippen LogP contribution in [0.15, 0.2) is 18.2 Å². The van der Waals surface area contributed by atoms with Crippen LogP contribution in [0.25, 0.3) is 11.0 Å². The second-order valence-corrected chi connectivity index (χ2v) is 7.95. The van der Waals surface area contributed by atoms with Crippen LogP contribution in [0.5, 0.6) is 0 Å². The summed E-state index contributed by atoms with van der Waals surface area (Å²) in [6, 6.07) is 2.05. The van der Waals surface area contributed by atoms with Gasteiger partial charge in [-0.2, -0.15) is 5.10 Å². The fourth-order valence-corrected chi connectivity index (χ4v) is 4.57. The van der Waals surface area contributed by atoms with Gasteiger partial charge in [0.05, 0.1) is 16.6 Å². The fourth-order valence-electron chi connectivity index (χ4n) is 4.57. The Kier molecular flexibility index (Phi) is 3.27. The van der Waals surface area contributed by atoms with Crippen molar-refractivity contribution in [3.8, 4) is 0 Å². The number of pyridine rings is 1. The molecular formula is C20H24N4O. The Labute approximate surface area is 147 Å². The number of rotatable bonds is 2. The van der Waals surface area contributed by atoms with Crippen molar-refractivity contribution in [2.45, 2.75) is 38.5 Å². The zero-order chi connectivity index (χ0) is 17.1. The minimum absolute atomic E-state index is 0.166. The van der Waals surface area contributed by atoms with Gasteiger partial charge in [0.15, 0.2) is 5.65 Å². The van der Waals surface area contributed by atoms with Crippen molar-refractivity contribution in [1.82, 2.24) is 19.7 Å². The van der Waals surface area contributed by atoms with Gasteiger partial charge in [-0.3, -0.25) is 9.48 Å². The summed E-state index contributed by atoms with van der Waals surface area (Å²) in [4.78, 5) is 20.3. The highest BCUT2D eigenvalue weighted by Gasteiger charge is 2.37. The van der Waals surface area contributed by atoms with Gasteiger partial charge in [0, 0.05) is 31.7 Å². The van der Waals surface area contributed by atoms with Gasteiger partial charge in [-0.25, -0.2) is 4.98 Å². The van der Waals surface area contributed by atoms with Crippen LogP contribution < -0.4 is 0 Å². The quantitative estimate of drug-likeness (QED) is 0.792. The maximum absolute atomic E-state index is 13.4. The largest absolute Gasteiger partial charge is 0.338 e. The van der Waals surface area contributed by atoms with Crippen molar-refractivity contribution in [3.63, 3.8) is 0 Å². The Morgan fingerprint density at radius 1 is 1.16 bits per heavy atom. The van der Waals surface area contributed by atoms with Crippen LogP contribution in [0.2, 0.25) is 0 Å². The summed E-state index contributed by atoms with van der Waals surface area (Å²) in [6.07, 6.45) is 9.14. The van der Waals surface area contributed by atoms with Gasteiger partial charge in [-0.1, -0.05) is 12.2 Å². The minimum Gasteiger partial charge on any atom is -0.338 e. The summed E-state index contributed by atoms with van der Waals surface area (Å²) in [5, 5.41) is 5.46. The zero-order valence-electron chi connectivity index (χ0n) is 14.9. The second-order valence-electron chi connectivity index (χ2n) is 7.95. The van der Waals surface area contributed by atoms with Crippen molar-refractivity contribution in [2.75, 3.05) is 13.1 Å². The molecule has 5 rings (SSSR count). The van der Waals surface area contributed by atoms with E-state index in [-0.39, 0.29) is 5.91 Å². The van der Waals surface area contributed by atoms with Gasteiger partial charge < -0.3 is 4.90 Å². The van der Waals surface area contributed by atoms with E-state index < -0.39 is 0 Å². The highest BCUT2D eigenvalue weighted by molar-refractivity contribution is 6.06. The molecule has 0 aromatic carbocycles. The lowest BCUT2D eigenvalue weighted by Gasteiger charge is -2.17. The number of carbonyl (C=O) groups excluding carboxylic acids is 1. The molecule has 3 heterocycles. The van der Waals surface area contributed by atoms with Crippen LogP contribution in [0.4, 0.5) is 0 Å². The zero-order valence-corrected chi connectivity index (χ0v) is 14.9. The van der Waals surface area contributed by atoms with E-state index in [4.69, 9.17) is 4.98 Å². The van der Waals surface area contributed by atoms with E-state index in [0.29, 0.717) is 17.8 Å². The number of hydrogen-bond donors (Lipinski definition) is 0. The predicted molar refractivity (Wildman–Crippen MR) is 96.5 cm³/mol. The topological polar surface area (TPSA) is 51.0 Å². The summed E-state index contributed by atoms with van der Waals surface area (Å²) < 4.78 is 1.82. The predicted octanol–water partition coefficient (Wildman–Crippen LogP) is 3.19. The average Bonchev–Trinajstić information content (AvgIpc) is 3.31. The SMILES string of the molecule is Cc1nn(C)c2nc(C3CC3)cc(C(=O)N3CC4CC=CCC4C3)c12. The van der Waals surface area contributed by atoms with Crippen LogP contribution >= 0.6 is 0 Å². The van der Waals surface area contributed by atoms with E-state index in [0.717, 1.165) is 53.9 Å². The third-order valence-corrected chi connectivity index (χ3v) is 6.12. The molecule has 1 saturated carbocycles. The normalized spacial score (nSPS) is 25.6. The molecule has 25 heavy (non-hydrogen) atoms. The smallest absolute Gasteiger partial charge is 0.254 e. The number of amides is 1. The van der Waals surface area contributed by atoms with E-state index in [1.165, 1.54) is 12.8 Å². The standard InChI is InChI=1S/C20H24N4O/c1-12-18-16(9-17(13-7-8-13)21-19(18)23(2)22-12)20(25)24-10-14-5-3-4-6-15(14)11-24/h3-4,9,13-15H,5-8,10-11H2,1-2H3. The molecule has 2 aliphatic carbocycles. The average molecular weight is 336 g/mol. The first-order chi connectivity index (χ1) is 12.1. The van der Waals surface area contributed by atoms with E-state index >= 15 is 0 Å². The molecule has 0 spiro atoms. The van der Waals surface area contributed by atoms with Crippen LogP contribution in [-0.4, -0.2) is 38.7 Å². The third-order valence-electron chi connectivity index (χ3n) is 6.12. The first-order valence-electron chi connectivity index (χ1n) is 9.40. The molecule has 1 aliphatic heterocycles. The van der Waals surface area contributed by atoms with E-state index in [1.807, 2.05) is 18.7 Å². The van der Waals surface area contributed by atoms with Crippen molar-refractivity contribution in [1.29, 1.82) is 0 Å². The van der Waals surface area contributed by atoms with Crippen molar-refractivity contribution >= 4 is 16.9 Å². The van der Waals surface area contributed by atoms with Gasteiger partial charge in [-0.05, 0) is 50.5 Å². The van der Waals surface area contributed by atoms with Gasteiger partial charge in [0.1, 0.15) is 0 Å². The maximum atomic E-state index is 13.4. The van der Waals surface area contributed by atoms with Crippen LogP contribution in [0, 0.1) is 18.8 Å². The van der Waals surface area contributed by atoms with Crippen molar-refractivity contribution in [2.24, 2.45) is 18.9 Å². The Balaban J connectivity index is 1.56. The Morgan fingerprint density at radius 2 is 1.84 bits per heavy atom. The van der Waals surface area contributed by atoms with E-state index in [9.17, 15) is 4.79 Å². The first-order valence-corrected chi connectivity index (χ1v) is 9.40. The monoisotopic (exact) mass is 336 g/mol. The number of fused-ring (bicyclic) bond motifs is 2. The van der Waals surface area contributed by atoms with Gasteiger partial charge in [-0.15, -0.1) is 0 Å². The molecule has 5 heteroatoms. The number of likely N-dealkylation sites (tertiary alicyclic amines) is 1. The molecule has 130 valence electrons. The van der Waals surface area contributed by atoms with Gasteiger partial charge >= 0.3 is 0 Å². The molecule has 0 N–H and O–H groups in total. The molecule has 2 aromatic rings. The highest BCUT2D eigenvalue weighted by atomic mass is 16.2. The molecular weight excluding hydrogens is 312 g/mol. The molecule has 1 amide bonds. The van der Waals surface area contributed by atoms with Crippen LogP contribution in [-0.2, 0) is 7.05 Å². The molecule has 0 radical (unpaired) electrons. The molecule has 2 aromatic heterocycles. The number of allylic oxidation sites excluding steroid dienone is 2. The van der Waals surface area contributed by atoms with Crippen LogP contribution in [0.1, 0.15) is 53.3 Å². The Bertz CT molecular complexity index is 877. The summed E-state index contributed by atoms with van der Waals surface area (Å²) in [7, 11) is 1.92. The first kappa shape index (κ1) is 15.1. The molecule has 2 fully saturated rings. The fraction of sp³-hybridized carbons (Fsp3) is 0.550. The molecule has 2 unspecified atom stereocenters. The molecule has 1 saturated heterocycles. The molecule has 5 nitrogen and oxygen atoms in total. The highest BCUT2D eigenvalue weighted by Crippen LogP contribution is 2.41. The summed E-state index contributed by atoms with van der Waals surface area (Å²) >= 11 is 0. The van der Waals surface area contributed by atoms with E-state index in [1.54, 1.807) is 0 Å². The van der Waals surface area contributed by atoms with Crippen LogP contribution in [0.3, 0.4) is 0 Å². The summed E-state index contributed by atoms with van der Waals surface area (Å²) in [5.41, 5.74) is 3.62. The molecule has 0 bridgehead atoms. The van der Waals surface area contributed by atoms with Crippen molar-refractivity contribution in [3.05, 3.63) is 35.2 Å². The lowest BCUT2D eigenvalue weighted by molar-refractivity contribution is 0.0786. The number of aromatic nitrogens is 3. The lowest BCUT2D eigenvalue weighted by atomic mass is 9.86. The molecule has 3 aliphatic rings. The number of hydrogen-bond acceptors (Lipinski definition) is 3. The molecule has 2 atom stereocenters. The third kappa shape index (κ3) is 2.40. The van der Waals surface area contributed by atoms with Gasteiger partial charge in [0.25, 0.3) is 5.91 Å². The lowest BCUT2D eigenvalue weighted by Crippen LogP contribution is -2.29.